The highest BCUT2D eigenvalue weighted by Crippen LogP contribution is 2.36. The first-order valence-electron chi connectivity index (χ1n) is 6.78. The van der Waals surface area contributed by atoms with Gasteiger partial charge in [0.05, 0.1) is 16.6 Å². The zero-order chi connectivity index (χ0) is 15.7. The maximum Gasteiger partial charge on any atom is 0.286 e. The molecular weight excluding hydrogens is 306 g/mol. The summed E-state index contributed by atoms with van der Waals surface area (Å²) in [6.07, 6.45) is 0.541. The number of hydrogen-bond donors (Lipinski definition) is 3. The van der Waals surface area contributed by atoms with Gasteiger partial charge in [0.15, 0.2) is 0 Å². The molecule has 2 aromatic heterocycles. The first-order chi connectivity index (χ1) is 10.6. The third-order valence-electron chi connectivity index (χ3n) is 3.35. The number of amides is 1. The molecule has 1 amide bonds. The van der Waals surface area contributed by atoms with E-state index in [-0.39, 0.29) is 12.4 Å². The van der Waals surface area contributed by atoms with E-state index < -0.39 is 5.91 Å². The molecule has 0 aliphatic heterocycles. The van der Waals surface area contributed by atoms with Crippen molar-refractivity contribution in [1.29, 1.82) is 0 Å². The number of aliphatic hydroxyl groups excluding tert-OH is 1. The van der Waals surface area contributed by atoms with Gasteiger partial charge in [-0.25, -0.2) is 4.98 Å². The third-order valence-corrected chi connectivity index (χ3v) is 3.56. The maximum atomic E-state index is 11.6. The number of aliphatic hydroxyl groups is 1. The summed E-state index contributed by atoms with van der Waals surface area (Å²) in [5, 5.41) is 13.9. The summed E-state index contributed by atoms with van der Waals surface area (Å²) in [5.41, 5.74) is 7.15. The van der Waals surface area contributed by atoms with Gasteiger partial charge in [-0.2, -0.15) is 0 Å². The fourth-order valence-electron chi connectivity index (χ4n) is 2.41. The van der Waals surface area contributed by atoms with Crippen LogP contribution in [0.25, 0.3) is 21.9 Å². The molecule has 0 aliphatic rings. The Balaban J connectivity index is 2.26. The van der Waals surface area contributed by atoms with E-state index in [0.717, 1.165) is 10.8 Å². The number of hydrogen-bond acceptors (Lipinski definition) is 5. The van der Waals surface area contributed by atoms with Gasteiger partial charge in [0.2, 0.25) is 5.76 Å². The topological polar surface area (TPSA) is 101 Å². The second kappa shape index (κ2) is 5.82. The van der Waals surface area contributed by atoms with Crippen LogP contribution in [0.5, 0.6) is 0 Å². The fraction of sp³-hybridized carbons (Fsp3) is 0.200. The Hall–Kier alpha value is -2.31. The molecule has 114 valence electrons. The lowest BCUT2D eigenvalue weighted by molar-refractivity contribution is 0.0977. The van der Waals surface area contributed by atoms with Gasteiger partial charge in [-0.3, -0.25) is 4.79 Å². The van der Waals surface area contributed by atoms with Gasteiger partial charge in [-0.1, -0.05) is 11.6 Å². The number of primary amides is 1. The van der Waals surface area contributed by atoms with Crippen LogP contribution in [0.1, 0.15) is 17.0 Å². The van der Waals surface area contributed by atoms with Crippen LogP contribution in [0.3, 0.4) is 0 Å². The predicted molar refractivity (Wildman–Crippen MR) is 85.2 cm³/mol. The number of carbonyl (C=O) groups excluding carboxylic acids is 1. The minimum absolute atomic E-state index is 0.0482. The van der Waals surface area contributed by atoms with Crippen molar-refractivity contribution >= 4 is 45.1 Å². The Morgan fingerprint density at radius 2 is 2.18 bits per heavy atom. The van der Waals surface area contributed by atoms with Gasteiger partial charge >= 0.3 is 0 Å². The number of rotatable bonds is 5. The van der Waals surface area contributed by atoms with Crippen molar-refractivity contribution in [1.82, 2.24) is 4.98 Å². The van der Waals surface area contributed by atoms with Crippen LogP contribution in [0, 0.1) is 0 Å². The smallest absolute Gasteiger partial charge is 0.286 e. The molecule has 3 aromatic rings. The number of nitrogens with one attached hydrogen (secondary N) is 1. The Labute approximate surface area is 130 Å². The summed E-state index contributed by atoms with van der Waals surface area (Å²) in [6.45, 7) is 0.537. The molecule has 0 atom stereocenters. The van der Waals surface area contributed by atoms with E-state index in [1.807, 2.05) is 6.07 Å². The first-order valence-corrected chi connectivity index (χ1v) is 7.16. The predicted octanol–water partition coefficient (Wildman–Crippen LogP) is 2.53. The highest BCUT2D eigenvalue weighted by molar-refractivity contribution is 6.30. The van der Waals surface area contributed by atoms with Crippen LogP contribution in [0.15, 0.2) is 28.7 Å². The molecule has 0 bridgehead atoms. The zero-order valence-corrected chi connectivity index (χ0v) is 12.4. The number of pyridine rings is 1. The minimum atomic E-state index is -0.655. The number of anilines is 1. The van der Waals surface area contributed by atoms with E-state index in [0.29, 0.717) is 34.9 Å². The molecule has 0 saturated heterocycles. The van der Waals surface area contributed by atoms with Gasteiger partial charge < -0.3 is 20.6 Å². The van der Waals surface area contributed by atoms with Gasteiger partial charge in [-0.05, 0) is 30.7 Å². The highest BCUT2D eigenvalue weighted by atomic mass is 35.5. The molecule has 7 heteroatoms. The minimum Gasteiger partial charge on any atom is -0.449 e. The summed E-state index contributed by atoms with van der Waals surface area (Å²) < 4.78 is 5.57. The number of nitrogens with zero attached hydrogens (tertiary/aromatic N) is 1. The lowest BCUT2D eigenvalue weighted by Gasteiger charge is -2.06. The van der Waals surface area contributed by atoms with Gasteiger partial charge in [0.25, 0.3) is 5.91 Å². The maximum absolute atomic E-state index is 11.6. The van der Waals surface area contributed by atoms with Crippen LogP contribution < -0.4 is 11.1 Å². The van der Waals surface area contributed by atoms with Crippen molar-refractivity contribution in [2.45, 2.75) is 6.42 Å². The van der Waals surface area contributed by atoms with Crippen molar-refractivity contribution in [2.24, 2.45) is 5.73 Å². The van der Waals surface area contributed by atoms with Crippen molar-refractivity contribution < 1.29 is 14.3 Å². The molecule has 6 nitrogen and oxygen atoms in total. The van der Waals surface area contributed by atoms with Crippen molar-refractivity contribution in [3.05, 3.63) is 35.2 Å². The molecule has 4 N–H and O–H groups in total. The Kier molecular flexibility index (Phi) is 3.87. The standard InChI is InChI=1S/C15H14ClN3O3/c16-11-5-2-8-9(19-11)3-4-10-12(8)13(18-6-1-7-20)14(22-10)15(17)21/h2-5,18,20H,1,6-7H2,(H2,17,21). The zero-order valence-electron chi connectivity index (χ0n) is 11.6. The molecule has 0 fully saturated rings. The number of fused-ring (bicyclic) bond motifs is 3. The van der Waals surface area contributed by atoms with Gasteiger partial charge in [-0.15, -0.1) is 0 Å². The van der Waals surface area contributed by atoms with E-state index in [9.17, 15) is 4.79 Å². The lowest BCUT2D eigenvalue weighted by atomic mass is 10.1. The van der Waals surface area contributed by atoms with E-state index >= 15 is 0 Å². The molecule has 2 heterocycles. The van der Waals surface area contributed by atoms with E-state index in [2.05, 4.69) is 10.3 Å². The second-order valence-electron chi connectivity index (χ2n) is 4.81. The largest absolute Gasteiger partial charge is 0.449 e. The second-order valence-corrected chi connectivity index (χ2v) is 5.20. The summed E-state index contributed by atoms with van der Waals surface area (Å²) in [4.78, 5) is 15.9. The number of halogens is 1. The summed E-state index contributed by atoms with van der Waals surface area (Å²) >= 11 is 5.92. The van der Waals surface area contributed by atoms with Crippen LogP contribution in [0.2, 0.25) is 5.15 Å². The quantitative estimate of drug-likeness (QED) is 0.495. The van der Waals surface area contributed by atoms with Gasteiger partial charge in [0.1, 0.15) is 10.7 Å². The first kappa shape index (κ1) is 14.6. The number of carbonyl (C=O) groups is 1. The number of furan rings is 1. The number of nitrogens with two attached hydrogens (primary N) is 1. The van der Waals surface area contributed by atoms with Crippen molar-refractivity contribution in [3.8, 4) is 0 Å². The molecule has 0 radical (unpaired) electrons. The molecule has 22 heavy (non-hydrogen) atoms. The molecular formula is C15H14ClN3O3. The number of benzene rings is 1. The molecule has 1 aromatic carbocycles. The van der Waals surface area contributed by atoms with Crippen molar-refractivity contribution in [2.75, 3.05) is 18.5 Å². The average molecular weight is 320 g/mol. The number of aromatic nitrogens is 1. The normalized spacial score (nSPS) is 11.2. The third kappa shape index (κ3) is 2.47. The van der Waals surface area contributed by atoms with Crippen LogP contribution in [-0.2, 0) is 0 Å². The van der Waals surface area contributed by atoms with Gasteiger partial charge in [0, 0.05) is 18.5 Å². The van der Waals surface area contributed by atoms with Crippen LogP contribution in [0.4, 0.5) is 5.69 Å². The summed E-state index contributed by atoms with van der Waals surface area (Å²) in [5.74, 6) is -0.590. The Morgan fingerprint density at radius 1 is 1.36 bits per heavy atom. The van der Waals surface area contributed by atoms with E-state index in [1.165, 1.54) is 0 Å². The van der Waals surface area contributed by atoms with Crippen LogP contribution in [-0.4, -0.2) is 29.1 Å². The van der Waals surface area contributed by atoms with E-state index in [1.54, 1.807) is 18.2 Å². The summed E-state index contributed by atoms with van der Waals surface area (Å²) in [6, 6.07) is 7.00. The Bertz CT molecular complexity index is 860. The monoisotopic (exact) mass is 319 g/mol. The van der Waals surface area contributed by atoms with Crippen molar-refractivity contribution in [3.63, 3.8) is 0 Å². The molecule has 0 spiro atoms. The molecule has 0 aliphatic carbocycles. The lowest BCUT2D eigenvalue weighted by Crippen LogP contribution is -2.13. The molecule has 0 unspecified atom stereocenters. The highest BCUT2D eigenvalue weighted by Gasteiger charge is 2.20. The summed E-state index contributed by atoms with van der Waals surface area (Å²) in [7, 11) is 0. The average Bonchev–Trinajstić information content (AvgIpc) is 2.86. The molecule has 0 saturated carbocycles. The van der Waals surface area contributed by atoms with E-state index in [4.69, 9.17) is 26.9 Å². The molecule has 3 rings (SSSR count). The Morgan fingerprint density at radius 3 is 2.91 bits per heavy atom. The van der Waals surface area contributed by atoms with Crippen LogP contribution >= 0.6 is 11.6 Å². The SMILES string of the molecule is NC(=O)c1oc2ccc3nc(Cl)ccc3c2c1NCCCO. The fourth-order valence-corrected chi connectivity index (χ4v) is 2.57.